The minimum absolute atomic E-state index is 0.875. The SMILES string of the molecule is CCCCCCc1cc(-c2cccc(/C=C/C(=O)O)c2)ccc1OC. The van der Waals surface area contributed by atoms with Gasteiger partial charge >= 0.3 is 5.97 Å². The minimum atomic E-state index is -0.941. The lowest BCUT2D eigenvalue weighted by Gasteiger charge is -2.11. The van der Waals surface area contributed by atoms with Gasteiger partial charge in [0.15, 0.2) is 0 Å². The number of aliphatic carboxylic acids is 1. The van der Waals surface area contributed by atoms with Gasteiger partial charge in [0.25, 0.3) is 0 Å². The summed E-state index contributed by atoms with van der Waals surface area (Å²) >= 11 is 0. The molecule has 0 amide bonds. The molecular weight excluding hydrogens is 312 g/mol. The Balaban J connectivity index is 2.23. The molecule has 0 fully saturated rings. The molecule has 0 unspecified atom stereocenters. The summed E-state index contributed by atoms with van der Waals surface area (Å²) in [6, 6.07) is 14.1. The van der Waals surface area contributed by atoms with Gasteiger partial charge in [0.2, 0.25) is 0 Å². The van der Waals surface area contributed by atoms with Crippen molar-refractivity contribution in [3.63, 3.8) is 0 Å². The molecule has 0 aliphatic carbocycles. The van der Waals surface area contributed by atoms with Crippen molar-refractivity contribution in [2.24, 2.45) is 0 Å². The zero-order chi connectivity index (χ0) is 18.1. The van der Waals surface area contributed by atoms with Crippen LogP contribution in [0.2, 0.25) is 0 Å². The van der Waals surface area contributed by atoms with Crippen molar-refractivity contribution in [3.8, 4) is 16.9 Å². The van der Waals surface area contributed by atoms with E-state index in [2.05, 4.69) is 13.0 Å². The van der Waals surface area contributed by atoms with Crippen LogP contribution in [0.25, 0.3) is 17.2 Å². The van der Waals surface area contributed by atoms with Crippen molar-refractivity contribution in [2.75, 3.05) is 7.11 Å². The Morgan fingerprint density at radius 1 is 1.08 bits per heavy atom. The van der Waals surface area contributed by atoms with E-state index in [1.165, 1.54) is 24.8 Å². The number of rotatable bonds is 9. The van der Waals surface area contributed by atoms with Crippen LogP contribution in [0, 0.1) is 0 Å². The average molecular weight is 338 g/mol. The molecule has 0 saturated heterocycles. The van der Waals surface area contributed by atoms with E-state index in [0.29, 0.717) is 0 Å². The third-order valence-corrected chi connectivity index (χ3v) is 4.22. The first-order chi connectivity index (χ1) is 12.1. The van der Waals surface area contributed by atoms with E-state index in [4.69, 9.17) is 9.84 Å². The zero-order valence-electron chi connectivity index (χ0n) is 15.0. The second-order valence-corrected chi connectivity index (χ2v) is 6.13. The van der Waals surface area contributed by atoms with E-state index in [1.807, 2.05) is 36.4 Å². The fourth-order valence-corrected chi connectivity index (χ4v) is 2.89. The maximum absolute atomic E-state index is 10.7. The Morgan fingerprint density at radius 3 is 2.60 bits per heavy atom. The van der Waals surface area contributed by atoms with Crippen LogP contribution in [0.15, 0.2) is 48.5 Å². The van der Waals surface area contributed by atoms with Crippen molar-refractivity contribution in [2.45, 2.75) is 39.0 Å². The van der Waals surface area contributed by atoms with Crippen molar-refractivity contribution in [1.29, 1.82) is 0 Å². The number of carboxylic acids is 1. The Morgan fingerprint density at radius 2 is 1.88 bits per heavy atom. The van der Waals surface area contributed by atoms with Crippen LogP contribution in [-0.2, 0) is 11.2 Å². The molecule has 0 spiro atoms. The van der Waals surface area contributed by atoms with Gasteiger partial charge in [-0.2, -0.15) is 0 Å². The molecule has 3 nitrogen and oxygen atoms in total. The fourth-order valence-electron chi connectivity index (χ4n) is 2.89. The number of carbonyl (C=O) groups is 1. The van der Waals surface area contributed by atoms with Crippen LogP contribution in [0.4, 0.5) is 0 Å². The van der Waals surface area contributed by atoms with Crippen molar-refractivity contribution in [1.82, 2.24) is 0 Å². The molecule has 2 aromatic carbocycles. The zero-order valence-corrected chi connectivity index (χ0v) is 15.0. The molecule has 0 radical (unpaired) electrons. The van der Waals surface area contributed by atoms with Crippen LogP contribution < -0.4 is 4.74 Å². The topological polar surface area (TPSA) is 46.5 Å². The smallest absolute Gasteiger partial charge is 0.328 e. The summed E-state index contributed by atoms with van der Waals surface area (Å²) < 4.78 is 5.51. The average Bonchev–Trinajstić information content (AvgIpc) is 2.63. The highest BCUT2D eigenvalue weighted by Gasteiger charge is 2.06. The highest BCUT2D eigenvalue weighted by atomic mass is 16.5. The van der Waals surface area contributed by atoms with Gasteiger partial charge in [0.1, 0.15) is 5.75 Å². The Kier molecular flexibility index (Phi) is 7.27. The van der Waals surface area contributed by atoms with Gasteiger partial charge in [0.05, 0.1) is 7.11 Å². The number of hydrogen-bond donors (Lipinski definition) is 1. The summed E-state index contributed by atoms with van der Waals surface area (Å²) in [5, 5.41) is 8.78. The molecule has 0 aliphatic heterocycles. The largest absolute Gasteiger partial charge is 0.496 e. The van der Waals surface area contributed by atoms with Gasteiger partial charge in [-0.3, -0.25) is 0 Å². The van der Waals surface area contributed by atoms with E-state index in [1.54, 1.807) is 13.2 Å². The number of ether oxygens (including phenoxy) is 1. The number of hydrogen-bond acceptors (Lipinski definition) is 2. The molecule has 0 aromatic heterocycles. The van der Waals surface area contributed by atoms with E-state index >= 15 is 0 Å². The Labute approximate surface area is 150 Å². The molecule has 2 rings (SSSR count). The summed E-state index contributed by atoms with van der Waals surface area (Å²) in [5.41, 5.74) is 4.30. The molecular formula is C22H26O3. The Bertz CT molecular complexity index is 732. The lowest BCUT2D eigenvalue weighted by Crippen LogP contribution is -1.94. The second kappa shape index (κ2) is 9.67. The van der Waals surface area contributed by atoms with Crippen LogP contribution in [-0.4, -0.2) is 18.2 Å². The third kappa shape index (κ3) is 5.79. The van der Waals surface area contributed by atoms with Gasteiger partial charge in [0, 0.05) is 6.08 Å². The highest BCUT2D eigenvalue weighted by Crippen LogP contribution is 2.28. The first-order valence-electron chi connectivity index (χ1n) is 8.82. The van der Waals surface area contributed by atoms with Gasteiger partial charge in [-0.15, -0.1) is 0 Å². The van der Waals surface area contributed by atoms with Crippen molar-refractivity contribution >= 4 is 12.0 Å². The van der Waals surface area contributed by atoms with Crippen LogP contribution >= 0.6 is 0 Å². The first kappa shape index (κ1) is 18.8. The molecule has 0 heterocycles. The van der Waals surface area contributed by atoms with E-state index in [0.717, 1.165) is 41.4 Å². The summed E-state index contributed by atoms with van der Waals surface area (Å²) in [4.78, 5) is 10.7. The first-order valence-corrected chi connectivity index (χ1v) is 8.82. The number of methoxy groups -OCH3 is 1. The number of unbranched alkanes of at least 4 members (excludes halogenated alkanes) is 3. The Hall–Kier alpha value is -2.55. The fraction of sp³-hybridized carbons (Fsp3) is 0.318. The number of carboxylic acid groups (broad SMARTS) is 1. The predicted molar refractivity (Wildman–Crippen MR) is 103 cm³/mol. The molecule has 3 heteroatoms. The standard InChI is InChI=1S/C22H26O3/c1-3-4-5-6-9-20-16-19(12-13-21(20)25-2)18-10-7-8-17(15-18)11-14-22(23)24/h7-8,10-16H,3-6,9H2,1-2H3,(H,23,24)/b14-11+. The number of benzene rings is 2. The van der Waals surface area contributed by atoms with Crippen LogP contribution in [0.1, 0.15) is 43.7 Å². The molecule has 25 heavy (non-hydrogen) atoms. The maximum Gasteiger partial charge on any atom is 0.328 e. The lowest BCUT2D eigenvalue weighted by molar-refractivity contribution is -0.131. The minimum Gasteiger partial charge on any atom is -0.496 e. The van der Waals surface area contributed by atoms with E-state index < -0.39 is 5.97 Å². The summed E-state index contributed by atoms with van der Waals surface area (Å²) in [6.07, 6.45) is 8.67. The predicted octanol–water partition coefficient (Wildman–Crippen LogP) is 5.58. The van der Waals surface area contributed by atoms with Crippen LogP contribution in [0.3, 0.4) is 0 Å². The summed E-state index contributed by atoms with van der Waals surface area (Å²) in [7, 11) is 1.71. The van der Waals surface area contributed by atoms with Crippen molar-refractivity contribution < 1.29 is 14.6 Å². The molecule has 0 saturated carbocycles. The van der Waals surface area contributed by atoms with Gasteiger partial charge in [-0.1, -0.05) is 50.5 Å². The van der Waals surface area contributed by atoms with E-state index in [9.17, 15) is 4.79 Å². The molecule has 2 aromatic rings. The monoisotopic (exact) mass is 338 g/mol. The molecule has 132 valence electrons. The third-order valence-electron chi connectivity index (χ3n) is 4.22. The summed E-state index contributed by atoms with van der Waals surface area (Å²) in [5.74, 6) is -0.00797. The summed E-state index contributed by atoms with van der Waals surface area (Å²) in [6.45, 7) is 2.22. The van der Waals surface area contributed by atoms with Gasteiger partial charge in [-0.05, 0) is 59.4 Å². The molecule has 1 N–H and O–H groups in total. The molecule has 0 atom stereocenters. The highest BCUT2D eigenvalue weighted by molar-refractivity contribution is 5.85. The van der Waals surface area contributed by atoms with Gasteiger partial charge in [-0.25, -0.2) is 4.79 Å². The quantitative estimate of drug-likeness (QED) is 0.479. The van der Waals surface area contributed by atoms with Gasteiger partial charge < -0.3 is 9.84 Å². The molecule has 0 aliphatic rings. The molecule has 0 bridgehead atoms. The van der Waals surface area contributed by atoms with E-state index in [-0.39, 0.29) is 0 Å². The lowest BCUT2D eigenvalue weighted by atomic mass is 9.98. The number of aryl methyl sites for hydroxylation is 1. The van der Waals surface area contributed by atoms with Crippen LogP contribution in [0.5, 0.6) is 5.75 Å². The van der Waals surface area contributed by atoms with Crippen molar-refractivity contribution in [3.05, 3.63) is 59.7 Å². The maximum atomic E-state index is 10.7. The normalized spacial score (nSPS) is 11.0. The second-order valence-electron chi connectivity index (χ2n) is 6.13.